The molecule has 0 saturated carbocycles. The molecule has 0 spiro atoms. The lowest BCUT2D eigenvalue weighted by Gasteiger charge is -2.09. The number of ether oxygens (including phenoxy) is 1. The molecule has 0 aliphatic heterocycles. The number of anilines is 1. The Morgan fingerprint density at radius 3 is 2.56 bits per heavy atom. The van der Waals surface area contributed by atoms with Crippen molar-refractivity contribution < 1.29 is 13.5 Å². The SMILES string of the molecule is Nc1cc(F)cc(COc2cc(F)ccc2Br)c1. The maximum absolute atomic E-state index is 13.1. The van der Waals surface area contributed by atoms with E-state index in [1.54, 1.807) is 12.1 Å². The van der Waals surface area contributed by atoms with Crippen LogP contribution in [0.2, 0.25) is 0 Å². The minimum absolute atomic E-state index is 0.115. The molecule has 0 aliphatic carbocycles. The van der Waals surface area contributed by atoms with E-state index in [0.717, 1.165) is 0 Å². The summed E-state index contributed by atoms with van der Waals surface area (Å²) in [5, 5.41) is 0. The van der Waals surface area contributed by atoms with Crippen LogP contribution in [0.25, 0.3) is 0 Å². The van der Waals surface area contributed by atoms with E-state index in [0.29, 0.717) is 21.5 Å². The number of halogens is 3. The summed E-state index contributed by atoms with van der Waals surface area (Å²) in [6.45, 7) is 0.115. The van der Waals surface area contributed by atoms with Gasteiger partial charge in [0.15, 0.2) is 0 Å². The Bertz CT molecular complexity index is 555. The van der Waals surface area contributed by atoms with Gasteiger partial charge in [0.1, 0.15) is 24.0 Å². The Kier molecular flexibility index (Phi) is 3.81. The van der Waals surface area contributed by atoms with Crippen LogP contribution in [0.5, 0.6) is 5.75 Å². The van der Waals surface area contributed by atoms with Gasteiger partial charge in [-0.05, 0) is 51.8 Å². The van der Waals surface area contributed by atoms with Crippen LogP contribution in [0.15, 0.2) is 40.9 Å². The zero-order valence-electron chi connectivity index (χ0n) is 9.29. The molecule has 94 valence electrons. The van der Waals surface area contributed by atoms with Crippen LogP contribution < -0.4 is 10.5 Å². The van der Waals surface area contributed by atoms with Crippen molar-refractivity contribution in [2.45, 2.75) is 6.61 Å². The normalized spacial score (nSPS) is 10.4. The fourth-order valence-electron chi connectivity index (χ4n) is 1.51. The summed E-state index contributed by atoms with van der Waals surface area (Å²) < 4.78 is 32.1. The maximum atomic E-state index is 13.1. The van der Waals surface area contributed by atoms with Crippen LogP contribution in [0.1, 0.15) is 5.56 Å². The van der Waals surface area contributed by atoms with Gasteiger partial charge >= 0.3 is 0 Å². The second-order valence-corrected chi connectivity index (χ2v) is 4.61. The first-order chi connectivity index (χ1) is 8.54. The van der Waals surface area contributed by atoms with E-state index in [2.05, 4.69) is 15.9 Å². The van der Waals surface area contributed by atoms with Crippen LogP contribution >= 0.6 is 15.9 Å². The first kappa shape index (κ1) is 12.8. The summed E-state index contributed by atoms with van der Waals surface area (Å²) in [4.78, 5) is 0. The molecule has 0 unspecified atom stereocenters. The zero-order valence-corrected chi connectivity index (χ0v) is 10.9. The van der Waals surface area contributed by atoms with Crippen molar-refractivity contribution in [2.75, 3.05) is 5.73 Å². The van der Waals surface area contributed by atoms with E-state index in [9.17, 15) is 8.78 Å². The van der Waals surface area contributed by atoms with Crippen molar-refractivity contribution in [1.82, 2.24) is 0 Å². The summed E-state index contributed by atoms with van der Waals surface area (Å²) in [5.41, 5.74) is 6.43. The number of hydrogen-bond donors (Lipinski definition) is 1. The van der Waals surface area contributed by atoms with E-state index in [1.807, 2.05) is 0 Å². The zero-order chi connectivity index (χ0) is 13.1. The molecule has 0 bridgehead atoms. The molecule has 0 saturated heterocycles. The lowest BCUT2D eigenvalue weighted by atomic mass is 10.2. The molecule has 0 radical (unpaired) electrons. The molecule has 0 heterocycles. The quantitative estimate of drug-likeness (QED) is 0.873. The molecule has 0 atom stereocenters. The van der Waals surface area contributed by atoms with Gasteiger partial charge in [-0.25, -0.2) is 8.78 Å². The summed E-state index contributed by atoms with van der Waals surface area (Å²) in [6, 6.07) is 8.27. The third-order valence-electron chi connectivity index (χ3n) is 2.27. The van der Waals surface area contributed by atoms with Crippen molar-refractivity contribution in [1.29, 1.82) is 0 Å². The smallest absolute Gasteiger partial charge is 0.136 e. The van der Waals surface area contributed by atoms with Crippen molar-refractivity contribution in [2.24, 2.45) is 0 Å². The summed E-state index contributed by atoms with van der Waals surface area (Å²) in [6.07, 6.45) is 0. The fourth-order valence-corrected chi connectivity index (χ4v) is 1.87. The Morgan fingerprint density at radius 1 is 1.06 bits per heavy atom. The van der Waals surface area contributed by atoms with Crippen molar-refractivity contribution in [3.05, 3.63) is 58.1 Å². The van der Waals surface area contributed by atoms with Gasteiger partial charge in [-0.2, -0.15) is 0 Å². The number of rotatable bonds is 3. The number of nitrogens with two attached hydrogens (primary N) is 1. The molecule has 5 heteroatoms. The second-order valence-electron chi connectivity index (χ2n) is 3.76. The van der Waals surface area contributed by atoms with Gasteiger partial charge < -0.3 is 10.5 Å². The predicted octanol–water partition coefficient (Wildman–Crippen LogP) is 3.89. The lowest BCUT2D eigenvalue weighted by molar-refractivity contribution is 0.302. The van der Waals surface area contributed by atoms with E-state index in [-0.39, 0.29) is 6.61 Å². The number of hydrogen-bond acceptors (Lipinski definition) is 2. The molecule has 2 N–H and O–H groups in total. The first-order valence-electron chi connectivity index (χ1n) is 5.17. The molecule has 2 aromatic carbocycles. The van der Waals surface area contributed by atoms with Gasteiger partial charge in [0.25, 0.3) is 0 Å². The fraction of sp³-hybridized carbons (Fsp3) is 0.0769. The predicted molar refractivity (Wildman–Crippen MR) is 69.2 cm³/mol. The topological polar surface area (TPSA) is 35.2 Å². The molecule has 18 heavy (non-hydrogen) atoms. The van der Waals surface area contributed by atoms with Gasteiger partial charge in [0.05, 0.1) is 4.47 Å². The summed E-state index contributed by atoms with van der Waals surface area (Å²) in [5.74, 6) is -0.461. The van der Waals surface area contributed by atoms with E-state index in [1.165, 1.54) is 24.3 Å². The molecule has 2 nitrogen and oxygen atoms in total. The third kappa shape index (κ3) is 3.20. The minimum Gasteiger partial charge on any atom is -0.488 e. The third-order valence-corrected chi connectivity index (χ3v) is 2.92. The van der Waals surface area contributed by atoms with E-state index >= 15 is 0 Å². The van der Waals surface area contributed by atoms with Crippen LogP contribution in [-0.4, -0.2) is 0 Å². The van der Waals surface area contributed by atoms with Gasteiger partial charge in [-0.1, -0.05) is 0 Å². The lowest BCUT2D eigenvalue weighted by Crippen LogP contribution is -1.99. The van der Waals surface area contributed by atoms with E-state index in [4.69, 9.17) is 10.5 Å². The van der Waals surface area contributed by atoms with Gasteiger partial charge in [0, 0.05) is 11.8 Å². The molecule has 0 aliphatic rings. The highest BCUT2D eigenvalue weighted by atomic mass is 79.9. The highest BCUT2D eigenvalue weighted by molar-refractivity contribution is 9.10. The average molecular weight is 314 g/mol. The molecule has 2 aromatic rings. The molecular weight excluding hydrogens is 304 g/mol. The molecule has 0 amide bonds. The molecule has 0 aromatic heterocycles. The first-order valence-corrected chi connectivity index (χ1v) is 5.97. The number of nitrogen functional groups attached to an aromatic ring is 1. The van der Waals surface area contributed by atoms with Gasteiger partial charge in [-0.3, -0.25) is 0 Å². The number of benzene rings is 2. The van der Waals surface area contributed by atoms with Crippen LogP contribution in [0.3, 0.4) is 0 Å². The van der Waals surface area contributed by atoms with Crippen LogP contribution in [-0.2, 0) is 6.61 Å². The summed E-state index contributed by atoms with van der Waals surface area (Å²) in [7, 11) is 0. The molecule has 2 rings (SSSR count). The van der Waals surface area contributed by atoms with Gasteiger partial charge in [0.2, 0.25) is 0 Å². The summed E-state index contributed by atoms with van der Waals surface area (Å²) >= 11 is 3.24. The van der Waals surface area contributed by atoms with Crippen molar-refractivity contribution in [3.63, 3.8) is 0 Å². The maximum Gasteiger partial charge on any atom is 0.136 e. The van der Waals surface area contributed by atoms with E-state index < -0.39 is 11.6 Å². The van der Waals surface area contributed by atoms with Crippen molar-refractivity contribution >= 4 is 21.6 Å². The monoisotopic (exact) mass is 313 g/mol. The Labute approximate surface area is 112 Å². The Morgan fingerprint density at radius 2 is 1.83 bits per heavy atom. The van der Waals surface area contributed by atoms with Crippen molar-refractivity contribution in [3.8, 4) is 5.75 Å². The Hall–Kier alpha value is -1.62. The highest BCUT2D eigenvalue weighted by Crippen LogP contribution is 2.26. The standard InChI is InChI=1S/C13H10BrF2NO/c14-12-2-1-9(15)6-13(12)18-7-8-3-10(16)5-11(17)4-8/h1-6H,7,17H2. The highest BCUT2D eigenvalue weighted by Gasteiger charge is 2.04. The van der Waals surface area contributed by atoms with Crippen LogP contribution in [0, 0.1) is 11.6 Å². The molecule has 0 fully saturated rings. The Balaban J connectivity index is 2.13. The average Bonchev–Trinajstić information content (AvgIpc) is 2.29. The minimum atomic E-state index is -0.424. The van der Waals surface area contributed by atoms with Gasteiger partial charge in [-0.15, -0.1) is 0 Å². The molecular formula is C13H10BrF2NO. The van der Waals surface area contributed by atoms with Crippen LogP contribution in [0.4, 0.5) is 14.5 Å². The largest absolute Gasteiger partial charge is 0.488 e. The second kappa shape index (κ2) is 5.35.